The summed E-state index contributed by atoms with van der Waals surface area (Å²) in [4.78, 5) is 13.0. The number of aromatic nitrogens is 2. The van der Waals surface area contributed by atoms with Gasteiger partial charge < -0.3 is 15.6 Å². The van der Waals surface area contributed by atoms with Crippen molar-refractivity contribution in [3.05, 3.63) is 47.8 Å². The van der Waals surface area contributed by atoms with Crippen molar-refractivity contribution in [1.29, 1.82) is 0 Å². The molecule has 0 saturated carbocycles. The van der Waals surface area contributed by atoms with E-state index >= 15 is 0 Å². The number of hydrogen-bond acceptors (Lipinski definition) is 7. The lowest BCUT2D eigenvalue weighted by Gasteiger charge is -2.41. The van der Waals surface area contributed by atoms with Gasteiger partial charge in [-0.15, -0.1) is 0 Å². The molecule has 7 nitrogen and oxygen atoms in total. The zero-order chi connectivity index (χ0) is 19.1. The molecule has 7 heteroatoms. The number of hydrogen-bond donors (Lipinski definition) is 2. The Morgan fingerprint density at radius 3 is 2.52 bits per heavy atom. The topological polar surface area (TPSA) is 87.7 Å². The monoisotopic (exact) mass is 371 g/mol. The van der Waals surface area contributed by atoms with E-state index in [1.54, 1.807) is 12.4 Å². The molecule has 2 heterocycles. The molecule has 0 amide bonds. The van der Waals surface area contributed by atoms with E-state index in [-0.39, 0.29) is 6.61 Å². The van der Waals surface area contributed by atoms with Crippen LogP contribution in [0.2, 0.25) is 0 Å². The van der Waals surface area contributed by atoms with Crippen LogP contribution in [0.25, 0.3) is 0 Å². The number of nitrogen functional groups attached to an aromatic ring is 1. The van der Waals surface area contributed by atoms with Crippen LogP contribution in [0.4, 0.5) is 5.95 Å². The zero-order valence-corrected chi connectivity index (χ0v) is 15.9. The van der Waals surface area contributed by atoms with Crippen molar-refractivity contribution in [2.24, 2.45) is 0 Å². The van der Waals surface area contributed by atoms with Crippen LogP contribution in [-0.4, -0.2) is 63.8 Å². The predicted molar refractivity (Wildman–Crippen MR) is 105 cm³/mol. The van der Waals surface area contributed by atoms with E-state index in [4.69, 9.17) is 10.5 Å². The molecular weight excluding hydrogens is 342 g/mol. The van der Waals surface area contributed by atoms with Crippen molar-refractivity contribution in [2.45, 2.75) is 32.5 Å². The summed E-state index contributed by atoms with van der Waals surface area (Å²) in [5.74, 6) is 1.21. The first kappa shape index (κ1) is 19.5. The SMILES string of the molecule is CCOc1ccc(CN2CCN(Cc3cnc(N)nc3)C[C@H]2CCO)cc1. The molecule has 2 aromatic rings. The molecule has 3 rings (SSSR count). The van der Waals surface area contributed by atoms with Gasteiger partial charge in [0.25, 0.3) is 0 Å². The molecule has 0 unspecified atom stereocenters. The van der Waals surface area contributed by atoms with Crippen molar-refractivity contribution in [3.63, 3.8) is 0 Å². The minimum Gasteiger partial charge on any atom is -0.494 e. The molecule has 3 N–H and O–H groups in total. The molecule has 1 aliphatic rings. The maximum Gasteiger partial charge on any atom is 0.219 e. The molecule has 1 aromatic carbocycles. The number of nitrogens with two attached hydrogens (primary N) is 1. The molecule has 1 aliphatic heterocycles. The summed E-state index contributed by atoms with van der Waals surface area (Å²) in [5.41, 5.74) is 7.89. The minimum atomic E-state index is 0.198. The summed E-state index contributed by atoms with van der Waals surface area (Å²) < 4.78 is 5.52. The molecular formula is C20H29N5O2. The maximum atomic E-state index is 9.51. The zero-order valence-electron chi connectivity index (χ0n) is 15.9. The largest absolute Gasteiger partial charge is 0.494 e. The van der Waals surface area contributed by atoms with Gasteiger partial charge in [-0.25, -0.2) is 9.97 Å². The molecule has 1 fully saturated rings. The Kier molecular flexibility index (Phi) is 6.98. The number of piperazine rings is 1. The standard InChI is InChI=1S/C20H29N5O2/c1-2-27-19-5-3-16(4-6-19)14-25-9-8-24(15-18(25)7-10-26)13-17-11-22-20(21)23-12-17/h3-6,11-12,18,26H,2,7-10,13-15H2,1H3,(H2,21,22,23)/t18-/m1/s1. The molecule has 0 spiro atoms. The summed E-state index contributed by atoms with van der Waals surface area (Å²) in [6.07, 6.45) is 4.34. The number of aliphatic hydroxyl groups is 1. The highest BCUT2D eigenvalue weighted by molar-refractivity contribution is 5.27. The fraction of sp³-hybridized carbons (Fsp3) is 0.500. The Morgan fingerprint density at radius 1 is 1.11 bits per heavy atom. The summed E-state index contributed by atoms with van der Waals surface area (Å²) >= 11 is 0. The number of anilines is 1. The lowest BCUT2D eigenvalue weighted by molar-refractivity contribution is 0.0499. The van der Waals surface area contributed by atoms with Gasteiger partial charge in [0.2, 0.25) is 5.95 Å². The van der Waals surface area contributed by atoms with Crippen LogP contribution in [0.1, 0.15) is 24.5 Å². The van der Waals surface area contributed by atoms with Crippen LogP contribution >= 0.6 is 0 Å². The summed E-state index contributed by atoms with van der Waals surface area (Å²) in [6, 6.07) is 8.62. The van der Waals surface area contributed by atoms with Crippen molar-refractivity contribution in [2.75, 3.05) is 38.6 Å². The highest BCUT2D eigenvalue weighted by atomic mass is 16.5. The normalized spacial score (nSPS) is 18.5. The van der Waals surface area contributed by atoms with Crippen LogP contribution in [-0.2, 0) is 13.1 Å². The number of nitrogens with zero attached hydrogens (tertiary/aromatic N) is 4. The van der Waals surface area contributed by atoms with E-state index in [0.29, 0.717) is 18.6 Å². The second kappa shape index (κ2) is 9.64. The van der Waals surface area contributed by atoms with Gasteiger partial charge in [0, 0.05) is 63.3 Å². The lowest BCUT2D eigenvalue weighted by Crippen LogP contribution is -2.52. The minimum absolute atomic E-state index is 0.198. The molecule has 0 bridgehead atoms. The Morgan fingerprint density at radius 2 is 1.85 bits per heavy atom. The van der Waals surface area contributed by atoms with Crippen LogP contribution < -0.4 is 10.5 Å². The second-order valence-electron chi connectivity index (χ2n) is 6.90. The molecule has 1 aromatic heterocycles. The summed E-state index contributed by atoms with van der Waals surface area (Å²) in [7, 11) is 0. The van der Waals surface area contributed by atoms with Gasteiger partial charge in [-0.1, -0.05) is 12.1 Å². The molecule has 1 atom stereocenters. The fourth-order valence-corrected chi connectivity index (χ4v) is 3.53. The predicted octanol–water partition coefficient (Wildman–Crippen LogP) is 1.53. The average molecular weight is 371 g/mol. The van der Waals surface area contributed by atoms with Gasteiger partial charge in [-0.3, -0.25) is 9.80 Å². The first-order chi connectivity index (χ1) is 13.2. The van der Waals surface area contributed by atoms with Crippen molar-refractivity contribution >= 4 is 5.95 Å². The third-order valence-electron chi connectivity index (χ3n) is 4.90. The Balaban J connectivity index is 1.59. The van der Waals surface area contributed by atoms with E-state index in [9.17, 15) is 5.11 Å². The molecule has 0 radical (unpaired) electrons. The van der Waals surface area contributed by atoms with Gasteiger partial charge in [-0.05, 0) is 31.0 Å². The Bertz CT molecular complexity index is 693. The summed E-state index contributed by atoms with van der Waals surface area (Å²) in [6.45, 7) is 7.42. The van der Waals surface area contributed by atoms with Gasteiger partial charge in [0.1, 0.15) is 5.75 Å². The van der Waals surface area contributed by atoms with E-state index in [1.165, 1.54) is 5.56 Å². The lowest BCUT2D eigenvalue weighted by atomic mass is 10.1. The molecule has 146 valence electrons. The fourth-order valence-electron chi connectivity index (χ4n) is 3.53. The highest BCUT2D eigenvalue weighted by Gasteiger charge is 2.26. The number of benzene rings is 1. The van der Waals surface area contributed by atoms with E-state index in [0.717, 1.165) is 50.5 Å². The third kappa shape index (κ3) is 5.63. The van der Waals surface area contributed by atoms with Crippen LogP contribution in [0.3, 0.4) is 0 Å². The van der Waals surface area contributed by atoms with Crippen LogP contribution in [0.5, 0.6) is 5.75 Å². The highest BCUT2D eigenvalue weighted by Crippen LogP contribution is 2.20. The van der Waals surface area contributed by atoms with E-state index in [1.807, 2.05) is 19.1 Å². The van der Waals surface area contributed by atoms with Crippen LogP contribution in [0, 0.1) is 0 Å². The van der Waals surface area contributed by atoms with E-state index < -0.39 is 0 Å². The second-order valence-corrected chi connectivity index (χ2v) is 6.90. The van der Waals surface area contributed by atoms with Crippen molar-refractivity contribution in [1.82, 2.24) is 19.8 Å². The number of rotatable bonds is 8. The van der Waals surface area contributed by atoms with Crippen molar-refractivity contribution in [3.8, 4) is 5.75 Å². The molecule has 0 aliphatic carbocycles. The van der Waals surface area contributed by atoms with Crippen LogP contribution in [0.15, 0.2) is 36.7 Å². The maximum absolute atomic E-state index is 9.51. The summed E-state index contributed by atoms with van der Waals surface area (Å²) in [5, 5.41) is 9.51. The molecule has 1 saturated heterocycles. The Labute approximate surface area is 160 Å². The number of aliphatic hydroxyl groups excluding tert-OH is 1. The molecule has 27 heavy (non-hydrogen) atoms. The van der Waals surface area contributed by atoms with Gasteiger partial charge in [0.05, 0.1) is 6.61 Å². The quantitative estimate of drug-likeness (QED) is 0.727. The van der Waals surface area contributed by atoms with Crippen molar-refractivity contribution < 1.29 is 9.84 Å². The smallest absolute Gasteiger partial charge is 0.219 e. The van der Waals surface area contributed by atoms with Gasteiger partial charge in [-0.2, -0.15) is 0 Å². The average Bonchev–Trinajstić information content (AvgIpc) is 2.68. The third-order valence-corrected chi connectivity index (χ3v) is 4.90. The number of ether oxygens (including phenoxy) is 1. The van der Waals surface area contributed by atoms with Gasteiger partial charge in [0.15, 0.2) is 0 Å². The van der Waals surface area contributed by atoms with Gasteiger partial charge >= 0.3 is 0 Å². The van der Waals surface area contributed by atoms with E-state index in [2.05, 4.69) is 31.9 Å². The first-order valence-corrected chi connectivity index (χ1v) is 9.53. The Hall–Kier alpha value is -2.22. The first-order valence-electron chi connectivity index (χ1n) is 9.53.